The van der Waals surface area contributed by atoms with Crippen molar-refractivity contribution < 1.29 is 23.8 Å². The molecule has 1 amide bonds. The van der Waals surface area contributed by atoms with Gasteiger partial charge in [-0.2, -0.15) is 0 Å². The van der Waals surface area contributed by atoms with Crippen LogP contribution in [0.4, 0.5) is 5.69 Å². The van der Waals surface area contributed by atoms with E-state index in [9.17, 15) is 9.90 Å². The molecule has 1 N–H and O–H groups in total. The number of aryl methyl sites for hydroxylation is 1. The van der Waals surface area contributed by atoms with Crippen molar-refractivity contribution in [2.24, 2.45) is 7.05 Å². The molecule has 1 aromatic heterocycles. The Morgan fingerprint density at radius 1 is 1.52 bits per heavy atom. The molecule has 0 aliphatic carbocycles. The van der Waals surface area contributed by atoms with Gasteiger partial charge < -0.3 is 19.7 Å². The van der Waals surface area contributed by atoms with E-state index in [4.69, 9.17) is 4.74 Å². The lowest BCUT2D eigenvalue weighted by atomic mass is 10.3. The number of benzene rings is 1. The quantitative estimate of drug-likeness (QED) is 0.624. The van der Waals surface area contributed by atoms with Crippen molar-refractivity contribution in [2.45, 2.75) is 11.9 Å². The standard InChI is InChI=1S/C13H15N3O4S/c1-3-19-10-7-5-4-6-9(10)14-11(17)8-21-12-13(18)20-15-16(12)2/h4-7H,3,8H2,1-2H3,(H-,14,15,17,18). The molecule has 21 heavy (non-hydrogen) atoms. The minimum absolute atomic E-state index is 0.0742. The lowest BCUT2D eigenvalue weighted by Gasteiger charge is -2.10. The van der Waals surface area contributed by atoms with Crippen LogP contribution in [0.5, 0.6) is 11.7 Å². The molecule has 0 spiro atoms. The van der Waals surface area contributed by atoms with Gasteiger partial charge in [0.05, 0.1) is 23.3 Å². The van der Waals surface area contributed by atoms with Gasteiger partial charge in [-0.25, -0.2) is 0 Å². The molecule has 1 aromatic carbocycles. The number of para-hydroxylation sites is 2. The highest BCUT2D eigenvalue weighted by molar-refractivity contribution is 7.99. The average Bonchev–Trinajstić information content (AvgIpc) is 2.78. The highest BCUT2D eigenvalue weighted by Crippen LogP contribution is 2.25. The molecule has 0 atom stereocenters. The van der Waals surface area contributed by atoms with Gasteiger partial charge in [-0.1, -0.05) is 16.8 Å². The Bertz CT molecular complexity index is 610. The first-order chi connectivity index (χ1) is 10.1. The Balaban J connectivity index is 1.96. The molecule has 0 unspecified atom stereocenters. The van der Waals surface area contributed by atoms with Gasteiger partial charge >= 0.3 is 0 Å². The molecule has 0 aliphatic rings. The maximum absolute atomic E-state index is 11.9. The number of aromatic nitrogens is 2. The van der Waals surface area contributed by atoms with Crippen molar-refractivity contribution in [3.8, 4) is 11.7 Å². The van der Waals surface area contributed by atoms with Crippen LogP contribution >= 0.6 is 11.8 Å². The smallest absolute Gasteiger partial charge is 0.291 e. The van der Waals surface area contributed by atoms with Crippen LogP contribution in [0.25, 0.3) is 0 Å². The van der Waals surface area contributed by atoms with E-state index in [1.165, 1.54) is 4.68 Å². The maximum Gasteiger partial charge on any atom is 0.291 e. The Hall–Kier alpha value is -2.22. The molecular weight excluding hydrogens is 294 g/mol. The van der Waals surface area contributed by atoms with Gasteiger partial charge in [-0.3, -0.25) is 4.79 Å². The van der Waals surface area contributed by atoms with E-state index >= 15 is 0 Å². The summed E-state index contributed by atoms with van der Waals surface area (Å²) in [5, 5.41) is 17.8. The predicted octanol–water partition coefficient (Wildman–Crippen LogP) is 0.702. The van der Waals surface area contributed by atoms with E-state index in [0.29, 0.717) is 18.0 Å². The van der Waals surface area contributed by atoms with Crippen LogP contribution in [0.2, 0.25) is 0 Å². The summed E-state index contributed by atoms with van der Waals surface area (Å²) in [6.07, 6.45) is 0. The van der Waals surface area contributed by atoms with Crippen LogP contribution in [-0.4, -0.2) is 23.5 Å². The highest BCUT2D eigenvalue weighted by atomic mass is 32.2. The van der Waals surface area contributed by atoms with Gasteiger partial charge in [0.1, 0.15) is 5.75 Å². The fourth-order valence-corrected chi connectivity index (χ4v) is 2.35. The van der Waals surface area contributed by atoms with E-state index < -0.39 is 5.95 Å². The van der Waals surface area contributed by atoms with E-state index in [0.717, 1.165) is 11.8 Å². The second-order valence-electron chi connectivity index (χ2n) is 4.06. The molecule has 0 saturated carbocycles. The summed E-state index contributed by atoms with van der Waals surface area (Å²) in [6.45, 7) is 2.38. The largest absolute Gasteiger partial charge is 0.538 e. The van der Waals surface area contributed by atoms with E-state index in [2.05, 4.69) is 15.1 Å². The van der Waals surface area contributed by atoms with Crippen LogP contribution in [-0.2, 0) is 11.8 Å². The average molecular weight is 309 g/mol. The number of hydrogen-bond donors (Lipinski definition) is 1. The zero-order valence-corrected chi connectivity index (χ0v) is 12.5. The normalized spacial score (nSPS) is 10.4. The Kier molecular flexibility index (Phi) is 5.04. The van der Waals surface area contributed by atoms with Crippen LogP contribution in [0.1, 0.15) is 6.92 Å². The van der Waals surface area contributed by atoms with Gasteiger partial charge in [0.25, 0.3) is 5.03 Å². The molecule has 0 bridgehead atoms. The summed E-state index contributed by atoms with van der Waals surface area (Å²) >= 11 is 1.07. The van der Waals surface area contributed by atoms with Gasteiger partial charge in [-0.15, -0.1) is 0 Å². The molecule has 112 valence electrons. The predicted molar refractivity (Wildman–Crippen MR) is 74.1 cm³/mol. The third-order valence-electron chi connectivity index (χ3n) is 2.52. The third-order valence-corrected chi connectivity index (χ3v) is 3.63. The van der Waals surface area contributed by atoms with Crippen molar-refractivity contribution >= 4 is 23.4 Å². The fourth-order valence-electron chi connectivity index (χ4n) is 1.63. The summed E-state index contributed by atoms with van der Waals surface area (Å²) in [6, 6.07) is 7.17. The number of rotatable bonds is 6. The zero-order chi connectivity index (χ0) is 15.2. The number of nitrogens with one attached hydrogen (secondary N) is 1. The summed E-state index contributed by atoms with van der Waals surface area (Å²) in [5.74, 6) is -0.110. The molecule has 0 radical (unpaired) electrons. The van der Waals surface area contributed by atoms with Crippen LogP contribution < -0.4 is 19.8 Å². The highest BCUT2D eigenvalue weighted by Gasteiger charge is 2.16. The number of carbonyl (C=O) groups excluding carboxylic acids is 1. The number of nitrogens with zero attached hydrogens (tertiary/aromatic N) is 2. The van der Waals surface area contributed by atoms with Gasteiger partial charge in [-0.05, 0) is 30.8 Å². The topological polar surface area (TPSA) is 91.3 Å². The SMILES string of the molecule is CCOc1ccccc1NC(=O)CSc1c([O-])on[n+]1C. The molecule has 0 fully saturated rings. The van der Waals surface area contributed by atoms with Crippen LogP contribution in [0.3, 0.4) is 0 Å². The van der Waals surface area contributed by atoms with Gasteiger partial charge in [0.2, 0.25) is 5.91 Å². The van der Waals surface area contributed by atoms with Crippen molar-refractivity contribution in [2.75, 3.05) is 17.7 Å². The molecule has 2 rings (SSSR count). The minimum atomic E-state index is -0.551. The Morgan fingerprint density at radius 3 is 2.95 bits per heavy atom. The number of ether oxygens (including phenoxy) is 1. The molecule has 0 saturated heterocycles. The fraction of sp³-hybridized carbons (Fsp3) is 0.308. The summed E-state index contributed by atoms with van der Waals surface area (Å²) in [5.41, 5.74) is 0.599. The van der Waals surface area contributed by atoms with Crippen molar-refractivity contribution in [3.05, 3.63) is 24.3 Å². The molecule has 2 aromatic rings. The molecule has 8 heteroatoms. The molecule has 7 nitrogen and oxygen atoms in total. The van der Waals surface area contributed by atoms with E-state index in [1.54, 1.807) is 25.2 Å². The first-order valence-electron chi connectivity index (χ1n) is 6.29. The van der Waals surface area contributed by atoms with E-state index in [1.807, 2.05) is 13.0 Å². The van der Waals surface area contributed by atoms with Crippen molar-refractivity contribution in [1.82, 2.24) is 5.27 Å². The lowest BCUT2D eigenvalue weighted by molar-refractivity contribution is -0.772. The first-order valence-corrected chi connectivity index (χ1v) is 7.27. The first kappa shape index (κ1) is 15.2. The number of amides is 1. The van der Waals surface area contributed by atoms with Crippen molar-refractivity contribution in [3.63, 3.8) is 0 Å². The molecule has 0 aliphatic heterocycles. The summed E-state index contributed by atoms with van der Waals surface area (Å²) in [7, 11) is 1.58. The number of anilines is 1. The minimum Gasteiger partial charge on any atom is -0.538 e. The monoisotopic (exact) mass is 309 g/mol. The molecule has 1 heterocycles. The number of carbonyl (C=O) groups is 1. The van der Waals surface area contributed by atoms with E-state index in [-0.39, 0.29) is 16.7 Å². The molecular formula is C13H15N3O4S. The van der Waals surface area contributed by atoms with Crippen LogP contribution in [0.15, 0.2) is 33.8 Å². The lowest BCUT2D eigenvalue weighted by Crippen LogP contribution is -2.32. The van der Waals surface area contributed by atoms with Gasteiger partial charge in [0, 0.05) is 0 Å². The maximum atomic E-state index is 11.9. The zero-order valence-electron chi connectivity index (χ0n) is 11.7. The second-order valence-corrected chi connectivity index (χ2v) is 5.02. The van der Waals surface area contributed by atoms with Crippen molar-refractivity contribution in [1.29, 1.82) is 0 Å². The second kappa shape index (κ2) is 6.98. The van der Waals surface area contributed by atoms with Crippen LogP contribution in [0, 0.1) is 0 Å². The number of thioether (sulfide) groups is 1. The Labute approximate surface area is 125 Å². The summed E-state index contributed by atoms with van der Waals surface area (Å²) in [4.78, 5) is 11.9. The summed E-state index contributed by atoms with van der Waals surface area (Å²) < 4.78 is 11.2. The Morgan fingerprint density at radius 2 is 2.29 bits per heavy atom. The van der Waals surface area contributed by atoms with Gasteiger partial charge in [0.15, 0.2) is 13.0 Å². The number of hydrogen-bond acceptors (Lipinski definition) is 6. The third kappa shape index (κ3) is 3.88.